The lowest BCUT2D eigenvalue weighted by atomic mass is 9.62. The molecule has 9 rings (SSSR count). The molecule has 2 atom stereocenters. The second-order valence-electron chi connectivity index (χ2n) is 13.0. The van der Waals surface area contributed by atoms with E-state index in [1.165, 1.54) is 33.6 Å². The van der Waals surface area contributed by atoms with Gasteiger partial charge in [0, 0.05) is 22.9 Å². The maximum Gasteiger partial charge on any atom is 0.0534 e. The van der Waals surface area contributed by atoms with Crippen molar-refractivity contribution in [3.05, 3.63) is 178 Å². The SMILES string of the molecule is C1=CCC2C(=C1)C1=C(C=C(C3=CC=C(Nc4ccccc4-c4ccccc4)CC3)CC1)C21C2=C(CCC=C2)c2ccccc21. The first-order chi connectivity index (χ1) is 21.8. The van der Waals surface area contributed by atoms with Gasteiger partial charge in [-0.05, 0) is 113 Å². The molecular formula is C43H37N. The van der Waals surface area contributed by atoms with Crippen molar-refractivity contribution in [2.24, 2.45) is 5.92 Å². The van der Waals surface area contributed by atoms with Crippen LogP contribution in [0.5, 0.6) is 0 Å². The van der Waals surface area contributed by atoms with Crippen molar-refractivity contribution in [1.29, 1.82) is 0 Å². The van der Waals surface area contributed by atoms with Gasteiger partial charge in [-0.25, -0.2) is 0 Å². The number of para-hydroxylation sites is 1. The van der Waals surface area contributed by atoms with Crippen molar-refractivity contribution >= 4 is 11.3 Å². The van der Waals surface area contributed by atoms with Gasteiger partial charge in [0.25, 0.3) is 0 Å². The molecule has 214 valence electrons. The molecule has 0 heterocycles. The van der Waals surface area contributed by atoms with Crippen LogP contribution in [-0.4, -0.2) is 0 Å². The molecule has 3 aromatic rings. The monoisotopic (exact) mass is 567 g/mol. The van der Waals surface area contributed by atoms with Crippen LogP contribution in [0.15, 0.2) is 167 Å². The van der Waals surface area contributed by atoms with Crippen LogP contribution in [0.25, 0.3) is 16.7 Å². The van der Waals surface area contributed by atoms with Crippen LogP contribution in [0.2, 0.25) is 0 Å². The predicted molar refractivity (Wildman–Crippen MR) is 184 cm³/mol. The van der Waals surface area contributed by atoms with E-state index in [4.69, 9.17) is 0 Å². The van der Waals surface area contributed by atoms with Crippen molar-refractivity contribution in [1.82, 2.24) is 0 Å². The number of benzene rings is 3. The topological polar surface area (TPSA) is 12.0 Å². The van der Waals surface area contributed by atoms with Crippen molar-refractivity contribution in [2.75, 3.05) is 5.32 Å². The number of hydrogen-bond acceptors (Lipinski definition) is 1. The zero-order valence-electron chi connectivity index (χ0n) is 25.2. The van der Waals surface area contributed by atoms with Crippen molar-refractivity contribution in [3.63, 3.8) is 0 Å². The summed E-state index contributed by atoms with van der Waals surface area (Å²) in [5, 5.41) is 3.78. The predicted octanol–water partition coefficient (Wildman–Crippen LogP) is 11.0. The maximum atomic E-state index is 3.78. The van der Waals surface area contributed by atoms with E-state index in [0.29, 0.717) is 5.92 Å². The Kier molecular flexibility index (Phi) is 6.01. The van der Waals surface area contributed by atoms with Crippen molar-refractivity contribution in [2.45, 2.75) is 50.4 Å². The van der Waals surface area contributed by atoms with Gasteiger partial charge in [-0.2, -0.15) is 0 Å². The minimum absolute atomic E-state index is 0.0562. The molecule has 1 heteroatoms. The van der Waals surface area contributed by atoms with Gasteiger partial charge in [0.1, 0.15) is 0 Å². The lowest BCUT2D eigenvalue weighted by Gasteiger charge is -2.39. The molecule has 3 aromatic carbocycles. The fraction of sp³-hybridized carbons (Fsp3) is 0.209. The molecule has 6 aliphatic rings. The Labute approximate surface area is 261 Å². The highest BCUT2D eigenvalue weighted by Gasteiger charge is 2.57. The fourth-order valence-electron chi connectivity index (χ4n) is 9.03. The molecule has 1 spiro atoms. The average molecular weight is 568 g/mol. The summed E-state index contributed by atoms with van der Waals surface area (Å²) in [5.74, 6) is 0.491. The highest BCUT2D eigenvalue weighted by Crippen LogP contribution is 2.66. The smallest absolute Gasteiger partial charge is 0.0534 e. The molecule has 2 unspecified atom stereocenters. The largest absolute Gasteiger partial charge is 0.358 e. The molecule has 0 aliphatic heterocycles. The molecule has 1 N–H and O–H groups in total. The average Bonchev–Trinajstić information content (AvgIpc) is 3.56. The summed E-state index contributed by atoms with van der Waals surface area (Å²) in [6, 6.07) is 28.7. The van der Waals surface area contributed by atoms with Gasteiger partial charge in [-0.1, -0.05) is 115 Å². The van der Waals surface area contributed by atoms with E-state index in [9.17, 15) is 0 Å². The Morgan fingerprint density at radius 2 is 1.45 bits per heavy atom. The summed E-state index contributed by atoms with van der Waals surface area (Å²) in [7, 11) is 0. The van der Waals surface area contributed by atoms with Crippen LogP contribution in [0, 0.1) is 5.92 Å². The third-order valence-corrected chi connectivity index (χ3v) is 10.9. The molecule has 0 fully saturated rings. The van der Waals surface area contributed by atoms with Gasteiger partial charge >= 0.3 is 0 Å². The summed E-state index contributed by atoms with van der Waals surface area (Å²) >= 11 is 0. The van der Waals surface area contributed by atoms with E-state index in [0.717, 1.165) is 44.9 Å². The van der Waals surface area contributed by atoms with Crippen molar-refractivity contribution < 1.29 is 0 Å². The standard InChI is InChI=1S/C43H37N/c1-2-12-30(13-3-1)33-14-7-11-21-42(33)44-32-25-22-29(23-26-32)31-24-27-37-36-17-6-10-20-40(36)43(41(37)28-31)38-18-8-4-15-34(38)35-16-5-9-19-39(35)43/h1-4,6-15,17-19,21-22,25,28,40,44H,5,16,20,23-24,26-27H2. The van der Waals surface area contributed by atoms with Gasteiger partial charge in [0.15, 0.2) is 0 Å². The number of nitrogens with one attached hydrogen (secondary N) is 1. The zero-order valence-corrected chi connectivity index (χ0v) is 25.2. The molecule has 6 aliphatic carbocycles. The number of anilines is 1. The molecule has 44 heavy (non-hydrogen) atoms. The van der Waals surface area contributed by atoms with Gasteiger partial charge < -0.3 is 5.32 Å². The second-order valence-corrected chi connectivity index (χ2v) is 13.0. The van der Waals surface area contributed by atoms with Gasteiger partial charge in [-0.3, -0.25) is 0 Å². The first kappa shape index (κ1) is 25.8. The van der Waals surface area contributed by atoms with Gasteiger partial charge in [0.05, 0.1) is 5.41 Å². The normalized spacial score (nSPS) is 24.7. The Morgan fingerprint density at radius 1 is 0.636 bits per heavy atom. The van der Waals surface area contributed by atoms with Crippen LogP contribution in [0.1, 0.15) is 56.1 Å². The minimum atomic E-state index is -0.0562. The van der Waals surface area contributed by atoms with E-state index in [-0.39, 0.29) is 5.41 Å². The van der Waals surface area contributed by atoms with Crippen LogP contribution >= 0.6 is 0 Å². The molecule has 0 saturated carbocycles. The van der Waals surface area contributed by atoms with Gasteiger partial charge in [0.2, 0.25) is 0 Å². The Morgan fingerprint density at radius 3 is 2.34 bits per heavy atom. The van der Waals surface area contributed by atoms with E-state index in [2.05, 4.69) is 133 Å². The number of hydrogen-bond donors (Lipinski definition) is 1. The van der Waals surface area contributed by atoms with E-state index in [1.807, 2.05) is 0 Å². The van der Waals surface area contributed by atoms with E-state index >= 15 is 0 Å². The molecule has 0 aromatic heterocycles. The summed E-state index contributed by atoms with van der Waals surface area (Å²) < 4.78 is 0. The third kappa shape index (κ3) is 3.78. The first-order valence-electron chi connectivity index (χ1n) is 16.5. The molecule has 1 nitrogen and oxygen atoms in total. The van der Waals surface area contributed by atoms with Gasteiger partial charge in [-0.15, -0.1) is 0 Å². The summed E-state index contributed by atoms with van der Waals surface area (Å²) in [6.45, 7) is 0. The summed E-state index contributed by atoms with van der Waals surface area (Å²) in [4.78, 5) is 0. The fourth-order valence-corrected chi connectivity index (χ4v) is 9.03. The minimum Gasteiger partial charge on any atom is -0.358 e. The van der Waals surface area contributed by atoms with E-state index < -0.39 is 0 Å². The van der Waals surface area contributed by atoms with Crippen LogP contribution < -0.4 is 5.32 Å². The molecular weight excluding hydrogens is 530 g/mol. The zero-order chi connectivity index (χ0) is 29.1. The highest BCUT2D eigenvalue weighted by atomic mass is 14.9. The van der Waals surface area contributed by atoms with Crippen LogP contribution in [0.3, 0.4) is 0 Å². The quantitative estimate of drug-likeness (QED) is 0.331. The summed E-state index contributed by atoms with van der Waals surface area (Å²) in [6.07, 6.45) is 27.3. The third-order valence-electron chi connectivity index (χ3n) is 10.9. The molecule has 0 radical (unpaired) electrons. The Hall–Kier alpha value is -4.62. The lowest BCUT2D eigenvalue weighted by Crippen LogP contribution is -2.34. The molecule has 0 amide bonds. The number of fused-ring (bicyclic) bond motifs is 8. The first-order valence-corrected chi connectivity index (χ1v) is 16.5. The highest BCUT2D eigenvalue weighted by molar-refractivity contribution is 5.89. The summed E-state index contributed by atoms with van der Waals surface area (Å²) in [5.41, 5.74) is 19.0. The lowest BCUT2D eigenvalue weighted by molar-refractivity contribution is 0.460. The maximum absolute atomic E-state index is 3.78. The van der Waals surface area contributed by atoms with Crippen LogP contribution in [-0.2, 0) is 5.41 Å². The number of rotatable bonds is 4. The molecule has 0 bridgehead atoms. The number of allylic oxidation sites excluding steroid dienone is 16. The Bertz CT molecular complexity index is 1950. The van der Waals surface area contributed by atoms with Crippen molar-refractivity contribution in [3.8, 4) is 11.1 Å². The molecule has 0 saturated heterocycles. The van der Waals surface area contributed by atoms with E-state index in [1.54, 1.807) is 39.0 Å². The second kappa shape index (κ2) is 10.2. The Balaban J connectivity index is 1.10. The van der Waals surface area contributed by atoms with Crippen LogP contribution in [0.4, 0.5) is 5.69 Å².